The molecule has 0 heterocycles. The molecule has 0 fully saturated rings. The number of nitrogen functional groups attached to an aromatic ring is 1. The Morgan fingerprint density at radius 2 is 2.05 bits per heavy atom. The van der Waals surface area contributed by atoms with Crippen LogP contribution in [0, 0.1) is 11.3 Å². The first-order valence-electron chi connectivity index (χ1n) is 6.27. The molecule has 0 aromatic heterocycles. The van der Waals surface area contributed by atoms with Crippen LogP contribution >= 0.6 is 0 Å². The molecule has 0 aliphatic carbocycles. The number of nitriles is 1. The van der Waals surface area contributed by atoms with Crippen molar-refractivity contribution in [1.29, 1.82) is 5.26 Å². The van der Waals surface area contributed by atoms with E-state index in [1.54, 1.807) is 0 Å². The number of nitrogens with zero attached hydrogens (tertiary/aromatic N) is 2. The summed E-state index contributed by atoms with van der Waals surface area (Å²) in [4.78, 5) is 0.0718. The van der Waals surface area contributed by atoms with Crippen LogP contribution in [0.3, 0.4) is 0 Å². The van der Waals surface area contributed by atoms with Gasteiger partial charge in [0.05, 0.1) is 30.4 Å². The maximum atomic E-state index is 12.6. The topological polar surface area (TPSA) is 106 Å². The van der Waals surface area contributed by atoms with Gasteiger partial charge in [0.25, 0.3) is 0 Å². The molecule has 0 aliphatic heterocycles. The van der Waals surface area contributed by atoms with Gasteiger partial charge < -0.3 is 15.2 Å². The zero-order valence-corrected chi connectivity index (χ0v) is 12.9. The highest BCUT2D eigenvalue weighted by atomic mass is 32.2. The fourth-order valence-corrected chi connectivity index (χ4v) is 3.16. The molecule has 1 aromatic carbocycles. The van der Waals surface area contributed by atoms with E-state index in [0.717, 1.165) is 0 Å². The van der Waals surface area contributed by atoms with Gasteiger partial charge in [0.2, 0.25) is 10.0 Å². The summed E-state index contributed by atoms with van der Waals surface area (Å²) in [5, 5.41) is 8.66. The maximum Gasteiger partial charge on any atom is 0.243 e. The molecule has 0 saturated carbocycles. The van der Waals surface area contributed by atoms with E-state index >= 15 is 0 Å². The fraction of sp³-hybridized carbons (Fsp3) is 0.462. The third-order valence-electron chi connectivity index (χ3n) is 2.86. The summed E-state index contributed by atoms with van der Waals surface area (Å²) >= 11 is 0. The molecule has 7 nitrogen and oxygen atoms in total. The van der Waals surface area contributed by atoms with Crippen molar-refractivity contribution in [2.24, 2.45) is 0 Å². The molecule has 0 amide bonds. The molecular formula is C13H19N3O4S. The lowest BCUT2D eigenvalue weighted by molar-refractivity contribution is 0.179. The van der Waals surface area contributed by atoms with Crippen LogP contribution in [0.25, 0.3) is 0 Å². The number of benzene rings is 1. The fourth-order valence-electron chi connectivity index (χ4n) is 1.72. The van der Waals surface area contributed by atoms with Gasteiger partial charge >= 0.3 is 0 Å². The first kappa shape index (κ1) is 17.2. The van der Waals surface area contributed by atoms with E-state index in [9.17, 15) is 8.42 Å². The molecule has 0 bridgehead atoms. The van der Waals surface area contributed by atoms with E-state index < -0.39 is 10.0 Å². The van der Waals surface area contributed by atoms with Crippen molar-refractivity contribution < 1.29 is 17.9 Å². The first-order valence-corrected chi connectivity index (χ1v) is 7.71. The zero-order chi connectivity index (χ0) is 15.9. The minimum Gasteiger partial charge on any atom is -0.495 e. The highest BCUT2D eigenvalue weighted by molar-refractivity contribution is 7.89. The number of hydrogen-bond acceptors (Lipinski definition) is 6. The lowest BCUT2D eigenvalue weighted by Gasteiger charge is -2.21. The molecule has 0 spiro atoms. The summed E-state index contributed by atoms with van der Waals surface area (Å²) in [5.74, 6) is 0.294. The molecule has 0 aliphatic rings. The van der Waals surface area contributed by atoms with Crippen LogP contribution in [0.2, 0.25) is 0 Å². The van der Waals surface area contributed by atoms with E-state index in [4.69, 9.17) is 20.5 Å². The van der Waals surface area contributed by atoms with Crippen LogP contribution in [0.1, 0.15) is 6.42 Å². The van der Waals surface area contributed by atoms with Crippen LogP contribution in [0.15, 0.2) is 23.1 Å². The minimum absolute atomic E-state index is 0.0718. The number of hydrogen-bond donors (Lipinski definition) is 1. The molecule has 0 unspecified atom stereocenters. The van der Waals surface area contributed by atoms with Gasteiger partial charge in [-0.25, -0.2) is 8.42 Å². The molecule has 2 N–H and O–H groups in total. The molecule has 0 radical (unpaired) electrons. The summed E-state index contributed by atoms with van der Waals surface area (Å²) in [7, 11) is -0.824. The Balaban J connectivity index is 3.12. The average molecular weight is 313 g/mol. The Morgan fingerprint density at radius 3 is 2.62 bits per heavy atom. The lowest BCUT2D eigenvalue weighted by Crippen LogP contribution is -2.34. The quantitative estimate of drug-likeness (QED) is 0.713. The van der Waals surface area contributed by atoms with Crippen LogP contribution in [0.5, 0.6) is 5.75 Å². The summed E-state index contributed by atoms with van der Waals surface area (Å²) in [6.07, 6.45) is 0.106. The number of ether oxygens (including phenoxy) is 2. The molecule has 1 aromatic rings. The average Bonchev–Trinajstić information content (AvgIpc) is 2.47. The van der Waals surface area contributed by atoms with Crippen molar-refractivity contribution >= 4 is 15.7 Å². The van der Waals surface area contributed by atoms with Gasteiger partial charge in [0.1, 0.15) is 5.75 Å². The van der Waals surface area contributed by atoms with Crippen molar-refractivity contribution in [3.05, 3.63) is 18.2 Å². The van der Waals surface area contributed by atoms with Crippen LogP contribution < -0.4 is 10.5 Å². The first-order chi connectivity index (χ1) is 9.97. The van der Waals surface area contributed by atoms with Gasteiger partial charge in [-0.15, -0.1) is 0 Å². The predicted octanol–water partition coefficient (Wildman–Crippen LogP) is 0.828. The van der Waals surface area contributed by atoms with Crippen LogP contribution in [-0.2, 0) is 14.8 Å². The summed E-state index contributed by atoms with van der Waals surface area (Å²) in [6, 6.07) is 6.20. The Hall–Kier alpha value is -1.82. The third-order valence-corrected chi connectivity index (χ3v) is 4.76. The number of methoxy groups -OCH3 is 2. The molecule has 21 heavy (non-hydrogen) atoms. The normalized spacial score (nSPS) is 11.3. The third kappa shape index (κ3) is 4.32. The largest absolute Gasteiger partial charge is 0.495 e. The van der Waals surface area contributed by atoms with E-state index in [2.05, 4.69) is 0 Å². The second-order valence-corrected chi connectivity index (χ2v) is 6.15. The molecule has 8 heteroatoms. The Bertz CT molecular complexity index is 610. The molecule has 1 rings (SSSR count). The predicted molar refractivity (Wildman–Crippen MR) is 78.3 cm³/mol. The molecule has 116 valence electrons. The van der Waals surface area contributed by atoms with Gasteiger partial charge in [-0.3, -0.25) is 0 Å². The van der Waals surface area contributed by atoms with Gasteiger partial charge in [0.15, 0.2) is 0 Å². The Morgan fingerprint density at radius 1 is 1.33 bits per heavy atom. The second-order valence-electron chi connectivity index (χ2n) is 4.21. The van der Waals surface area contributed by atoms with Gasteiger partial charge in [-0.05, 0) is 12.1 Å². The lowest BCUT2D eigenvalue weighted by atomic mass is 10.3. The molecular weight excluding hydrogens is 294 g/mol. The van der Waals surface area contributed by atoms with E-state index in [1.165, 1.54) is 36.7 Å². The second kappa shape index (κ2) is 7.83. The van der Waals surface area contributed by atoms with E-state index in [0.29, 0.717) is 11.4 Å². The number of sulfonamides is 1. The van der Waals surface area contributed by atoms with Crippen molar-refractivity contribution in [3.8, 4) is 11.8 Å². The monoisotopic (exact) mass is 313 g/mol. The van der Waals surface area contributed by atoms with E-state index in [1.807, 2.05) is 6.07 Å². The Labute approximate surface area is 124 Å². The maximum absolute atomic E-state index is 12.6. The summed E-state index contributed by atoms with van der Waals surface area (Å²) in [6.45, 7) is 0.527. The van der Waals surface area contributed by atoms with Crippen LogP contribution in [0.4, 0.5) is 5.69 Å². The number of rotatable bonds is 8. The molecule has 0 atom stereocenters. The summed E-state index contributed by atoms with van der Waals surface area (Å²) in [5.41, 5.74) is 6.04. The highest BCUT2D eigenvalue weighted by Gasteiger charge is 2.24. The van der Waals surface area contributed by atoms with Crippen molar-refractivity contribution in [2.75, 3.05) is 39.6 Å². The smallest absolute Gasteiger partial charge is 0.243 e. The SMILES string of the molecule is COCCN(CCC#N)S(=O)(=O)c1ccc(N)c(OC)c1. The summed E-state index contributed by atoms with van der Waals surface area (Å²) < 4.78 is 36.3. The standard InChI is InChI=1S/C13H19N3O4S/c1-19-9-8-16(7-3-6-14)21(17,18)11-4-5-12(15)13(10-11)20-2/h4-5,10H,3,7-9,15H2,1-2H3. The van der Waals surface area contributed by atoms with Gasteiger partial charge in [-0.2, -0.15) is 9.57 Å². The molecule has 0 saturated heterocycles. The number of nitrogens with two attached hydrogens (primary N) is 1. The highest BCUT2D eigenvalue weighted by Crippen LogP contribution is 2.26. The zero-order valence-electron chi connectivity index (χ0n) is 12.1. The Kier molecular flexibility index (Phi) is 6.42. The van der Waals surface area contributed by atoms with Gasteiger partial charge in [-0.1, -0.05) is 0 Å². The van der Waals surface area contributed by atoms with Crippen molar-refractivity contribution in [1.82, 2.24) is 4.31 Å². The van der Waals surface area contributed by atoms with E-state index in [-0.39, 0.29) is 31.0 Å². The van der Waals surface area contributed by atoms with Crippen LogP contribution in [-0.4, -0.2) is 46.6 Å². The van der Waals surface area contributed by atoms with Gasteiger partial charge in [0, 0.05) is 32.7 Å². The van der Waals surface area contributed by atoms with Crippen molar-refractivity contribution in [2.45, 2.75) is 11.3 Å². The number of anilines is 1. The van der Waals surface area contributed by atoms with Crippen molar-refractivity contribution in [3.63, 3.8) is 0 Å². The minimum atomic E-state index is -3.73.